The fourth-order valence-corrected chi connectivity index (χ4v) is 3.94. The quantitative estimate of drug-likeness (QED) is 0.871. The minimum atomic E-state index is -0.439. The van der Waals surface area contributed by atoms with Crippen LogP contribution < -0.4 is 5.32 Å². The van der Waals surface area contributed by atoms with E-state index in [1.54, 1.807) is 0 Å². The van der Waals surface area contributed by atoms with Crippen LogP contribution in [-0.4, -0.2) is 53.8 Å². The molecule has 2 aliphatic rings. The molecule has 2 fully saturated rings. The minimum Gasteiger partial charge on any atom is -0.342 e. The van der Waals surface area contributed by atoms with E-state index in [0.717, 1.165) is 51.9 Å². The van der Waals surface area contributed by atoms with Gasteiger partial charge in [0.1, 0.15) is 5.82 Å². The van der Waals surface area contributed by atoms with Crippen LogP contribution in [0.2, 0.25) is 5.02 Å². The van der Waals surface area contributed by atoms with E-state index in [4.69, 9.17) is 11.6 Å². The maximum Gasteiger partial charge on any atom is 0.241 e. The lowest BCUT2D eigenvalue weighted by molar-refractivity contribution is -0.136. The summed E-state index contributed by atoms with van der Waals surface area (Å²) in [5, 5.41) is 2.94. The summed E-state index contributed by atoms with van der Waals surface area (Å²) in [4.78, 5) is 29.1. The Bertz CT molecular complexity index is 671. The molecule has 2 saturated heterocycles. The molecule has 0 radical (unpaired) electrons. The molecule has 1 aromatic rings. The van der Waals surface area contributed by atoms with Crippen molar-refractivity contribution < 1.29 is 14.0 Å². The lowest BCUT2D eigenvalue weighted by atomic mass is 9.94. The third-order valence-electron chi connectivity index (χ3n) is 5.41. The van der Waals surface area contributed by atoms with Crippen LogP contribution in [-0.2, 0) is 9.59 Å². The fourth-order valence-electron chi connectivity index (χ4n) is 3.72. The fraction of sp³-hybridized carbons (Fsp3) is 0.579. The zero-order chi connectivity index (χ0) is 18.7. The molecule has 1 atom stereocenters. The van der Waals surface area contributed by atoms with Crippen LogP contribution in [0.5, 0.6) is 0 Å². The molecule has 0 saturated carbocycles. The standard InChI is InChI=1S/C19H25ClFN3O2/c1-13(18(25)22-17-5-4-15(21)12-16(17)20)23-10-6-14(7-11-23)19(26)24-8-2-3-9-24/h4-5,12-14H,2-3,6-11H2,1H3,(H,22,25)/t13-/m1/s1. The van der Waals surface area contributed by atoms with Crippen molar-refractivity contribution in [2.75, 3.05) is 31.5 Å². The predicted octanol–water partition coefficient (Wildman–Crippen LogP) is 3.14. The number of carbonyl (C=O) groups excluding carboxylic acids is 2. The van der Waals surface area contributed by atoms with Gasteiger partial charge in [-0.05, 0) is 63.9 Å². The maximum absolute atomic E-state index is 13.1. The van der Waals surface area contributed by atoms with E-state index in [2.05, 4.69) is 10.2 Å². The molecule has 0 aromatic heterocycles. The average Bonchev–Trinajstić information content (AvgIpc) is 3.17. The summed E-state index contributed by atoms with van der Waals surface area (Å²) in [5.74, 6) is -0.267. The van der Waals surface area contributed by atoms with Gasteiger partial charge in [0.15, 0.2) is 0 Å². The number of nitrogens with one attached hydrogen (secondary N) is 1. The molecule has 2 aliphatic heterocycles. The zero-order valence-electron chi connectivity index (χ0n) is 15.0. The van der Waals surface area contributed by atoms with Gasteiger partial charge in [-0.25, -0.2) is 4.39 Å². The van der Waals surface area contributed by atoms with Gasteiger partial charge in [0.25, 0.3) is 0 Å². The van der Waals surface area contributed by atoms with Gasteiger partial charge in [0.2, 0.25) is 11.8 Å². The van der Waals surface area contributed by atoms with Crippen molar-refractivity contribution in [3.05, 3.63) is 29.0 Å². The van der Waals surface area contributed by atoms with Crippen LogP contribution in [0.15, 0.2) is 18.2 Å². The Morgan fingerprint density at radius 3 is 2.46 bits per heavy atom. The molecule has 142 valence electrons. The van der Waals surface area contributed by atoms with Crippen molar-refractivity contribution in [1.29, 1.82) is 0 Å². The largest absolute Gasteiger partial charge is 0.342 e. The molecule has 0 spiro atoms. The molecule has 1 aromatic carbocycles. The number of carbonyl (C=O) groups is 2. The normalized spacial score (nSPS) is 20.2. The van der Waals surface area contributed by atoms with Crippen molar-refractivity contribution in [3.63, 3.8) is 0 Å². The zero-order valence-corrected chi connectivity index (χ0v) is 15.8. The van der Waals surface area contributed by atoms with Gasteiger partial charge in [-0.3, -0.25) is 14.5 Å². The first-order chi connectivity index (χ1) is 12.5. The van der Waals surface area contributed by atoms with Gasteiger partial charge in [-0.15, -0.1) is 0 Å². The highest BCUT2D eigenvalue weighted by Gasteiger charge is 2.32. The van der Waals surface area contributed by atoms with E-state index in [1.165, 1.54) is 18.2 Å². The number of amides is 2. The second-order valence-corrected chi connectivity index (χ2v) is 7.54. The third kappa shape index (κ3) is 4.35. The van der Waals surface area contributed by atoms with Crippen molar-refractivity contribution in [2.45, 2.75) is 38.6 Å². The van der Waals surface area contributed by atoms with Crippen molar-refractivity contribution >= 4 is 29.1 Å². The van der Waals surface area contributed by atoms with E-state index < -0.39 is 5.82 Å². The molecule has 0 bridgehead atoms. The Morgan fingerprint density at radius 2 is 1.85 bits per heavy atom. The van der Waals surface area contributed by atoms with Gasteiger partial charge in [-0.1, -0.05) is 11.6 Å². The Morgan fingerprint density at radius 1 is 1.19 bits per heavy atom. The lowest BCUT2D eigenvalue weighted by Gasteiger charge is -2.36. The molecule has 2 amide bonds. The number of anilines is 1. The Balaban J connectivity index is 1.51. The summed E-state index contributed by atoms with van der Waals surface area (Å²) in [5.41, 5.74) is 0.406. The summed E-state index contributed by atoms with van der Waals surface area (Å²) < 4.78 is 13.1. The number of benzene rings is 1. The van der Waals surface area contributed by atoms with Crippen LogP contribution in [0.1, 0.15) is 32.6 Å². The first-order valence-electron chi connectivity index (χ1n) is 9.24. The predicted molar refractivity (Wildman–Crippen MR) is 99.6 cm³/mol. The summed E-state index contributed by atoms with van der Waals surface area (Å²) in [7, 11) is 0. The van der Waals surface area contributed by atoms with Crippen LogP contribution in [0, 0.1) is 11.7 Å². The molecule has 2 heterocycles. The molecule has 0 unspecified atom stereocenters. The highest BCUT2D eigenvalue weighted by Crippen LogP contribution is 2.25. The number of nitrogens with zero attached hydrogens (tertiary/aromatic N) is 2. The second kappa shape index (κ2) is 8.35. The summed E-state index contributed by atoms with van der Waals surface area (Å²) in [6.07, 6.45) is 3.77. The Hall–Kier alpha value is -1.66. The van der Waals surface area contributed by atoms with Gasteiger partial charge >= 0.3 is 0 Å². The van der Waals surface area contributed by atoms with E-state index >= 15 is 0 Å². The Kier molecular flexibility index (Phi) is 6.14. The first-order valence-corrected chi connectivity index (χ1v) is 9.62. The highest BCUT2D eigenvalue weighted by molar-refractivity contribution is 6.33. The van der Waals surface area contributed by atoms with Crippen molar-refractivity contribution in [3.8, 4) is 0 Å². The average molecular weight is 382 g/mol. The van der Waals surface area contributed by atoms with Crippen LogP contribution in [0.25, 0.3) is 0 Å². The monoisotopic (exact) mass is 381 g/mol. The molecular weight excluding hydrogens is 357 g/mol. The maximum atomic E-state index is 13.1. The molecule has 0 aliphatic carbocycles. The number of hydrogen-bond donors (Lipinski definition) is 1. The molecular formula is C19H25ClFN3O2. The second-order valence-electron chi connectivity index (χ2n) is 7.13. The number of piperidine rings is 1. The molecule has 7 heteroatoms. The van der Waals surface area contributed by atoms with Crippen molar-refractivity contribution in [1.82, 2.24) is 9.80 Å². The molecule has 1 N–H and O–H groups in total. The van der Waals surface area contributed by atoms with Gasteiger partial charge < -0.3 is 10.2 Å². The van der Waals surface area contributed by atoms with Crippen LogP contribution in [0.3, 0.4) is 0 Å². The smallest absolute Gasteiger partial charge is 0.241 e. The van der Waals surface area contributed by atoms with Gasteiger partial charge in [0.05, 0.1) is 16.8 Å². The van der Waals surface area contributed by atoms with Crippen molar-refractivity contribution in [2.24, 2.45) is 5.92 Å². The summed E-state index contributed by atoms with van der Waals surface area (Å²) in [6, 6.07) is 3.57. The lowest BCUT2D eigenvalue weighted by Crippen LogP contribution is -2.48. The Labute approximate surface area is 158 Å². The van der Waals surface area contributed by atoms with E-state index in [0.29, 0.717) is 5.69 Å². The molecule has 3 rings (SSSR count). The summed E-state index contributed by atoms with van der Waals surface area (Å²) >= 11 is 5.97. The number of likely N-dealkylation sites (tertiary alicyclic amines) is 2. The number of hydrogen-bond acceptors (Lipinski definition) is 3. The van der Waals surface area contributed by atoms with Gasteiger partial charge in [0, 0.05) is 19.0 Å². The van der Waals surface area contributed by atoms with E-state index in [9.17, 15) is 14.0 Å². The van der Waals surface area contributed by atoms with E-state index in [1.807, 2.05) is 11.8 Å². The first kappa shape index (κ1) is 19.1. The third-order valence-corrected chi connectivity index (χ3v) is 5.73. The molecule has 26 heavy (non-hydrogen) atoms. The number of halogens is 2. The minimum absolute atomic E-state index is 0.0751. The highest BCUT2D eigenvalue weighted by atomic mass is 35.5. The molecule has 5 nitrogen and oxygen atoms in total. The van der Waals surface area contributed by atoms with Gasteiger partial charge in [-0.2, -0.15) is 0 Å². The van der Waals surface area contributed by atoms with E-state index in [-0.39, 0.29) is 28.8 Å². The SMILES string of the molecule is C[C@H](C(=O)Nc1ccc(F)cc1Cl)N1CCC(C(=O)N2CCCC2)CC1. The summed E-state index contributed by atoms with van der Waals surface area (Å²) in [6.45, 7) is 5.05. The number of rotatable bonds is 4. The van der Waals surface area contributed by atoms with Crippen LogP contribution in [0.4, 0.5) is 10.1 Å². The van der Waals surface area contributed by atoms with Crippen LogP contribution >= 0.6 is 11.6 Å². The topological polar surface area (TPSA) is 52.7 Å².